The first-order valence-electron chi connectivity index (χ1n) is 5.57. The summed E-state index contributed by atoms with van der Waals surface area (Å²) in [6, 6.07) is 0.662. The zero-order chi connectivity index (χ0) is 10.9. The van der Waals surface area contributed by atoms with Gasteiger partial charge in [-0.25, -0.2) is 0 Å². The predicted molar refractivity (Wildman–Crippen MR) is 64.3 cm³/mol. The summed E-state index contributed by atoms with van der Waals surface area (Å²) in [5, 5.41) is 3.41. The summed E-state index contributed by atoms with van der Waals surface area (Å²) in [4.78, 5) is 2.47. The molecule has 3 nitrogen and oxygen atoms in total. The van der Waals surface area contributed by atoms with E-state index >= 15 is 0 Å². The van der Waals surface area contributed by atoms with Crippen molar-refractivity contribution in [3.05, 3.63) is 11.6 Å². The average Bonchev–Trinajstić information content (AvgIpc) is 2.69. The molecule has 0 aromatic rings. The van der Waals surface area contributed by atoms with Crippen LogP contribution in [0.3, 0.4) is 0 Å². The van der Waals surface area contributed by atoms with E-state index in [9.17, 15) is 0 Å². The van der Waals surface area contributed by atoms with Gasteiger partial charge in [0.05, 0.1) is 6.61 Å². The highest BCUT2D eigenvalue weighted by Gasteiger charge is 2.22. The number of hydrogen-bond acceptors (Lipinski definition) is 3. The minimum Gasteiger partial charge on any atom is -0.383 e. The molecule has 88 valence electrons. The summed E-state index contributed by atoms with van der Waals surface area (Å²) >= 11 is 5.53. The van der Waals surface area contributed by atoms with E-state index in [1.807, 2.05) is 6.08 Å². The molecule has 1 atom stereocenters. The molecule has 1 rings (SSSR count). The van der Waals surface area contributed by atoms with Gasteiger partial charge in [0, 0.05) is 38.3 Å². The fourth-order valence-corrected chi connectivity index (χ4v) is 2.06. The van der Waals surface area contributed by atoms with E-state index in [1.165, 1.54) is 19.4 Å². The molecule has 0 spiro atoms. The molecular weight excluding hydrogens is 212 g/mol. The molecule has 15 heavy (non-hydrogen) atoms. The molecule has 0 amide bonds. The van der Waals surface area contributed by atoms with Crippen molar-refractivity contribution in [1.29, 1.82) is 0 Å². The number of hydrogen-bond donors (Lipinski definition) is 1. The lowest BCUT2D eigenvalue weighted by molar-refractivity contribution is 0.194. The van der Waals surface area contributed by atoms with Crippen molar-refractivity contribution in [1.82, 2.24) is 10.2 Å². The largest absolute Gasteiger partial charge is 0.383 e. The van der Waals surface area contributed by atoms with Gasteiger partial charge in [-0.1, -0.05) is 17.7 Å². The Morgan fingerprint density at radius 3 is 3.20 bits per heavy atom. The van der Waals surface area contributed by atoms with Crippen molar-refractivity contribution in [2.75, 3.05) is 39.9 Å². The van der Waals surface area contributed by atoms with Crippen LogP contribution >= 0.6 is 11.6 Å². The van der Waals surface area contributed by atoms with Crippen LogP contribution in [0.25, 0.3) is 0 Å². The Morgan fingerprint density at radius 2 is 2.47 bits per heavy atom. The van der Waals surface area contributed by atoms with Crippen LogP contribution in [-0.2, 0) is 4.74 Å². The first-order chi connectivity index (χ1) is 7.38. The number of rotatable bonds is 7. The topological polar surface area (TPSA) is 24.5 Å². The van der Waals surface area contributed by atoms with Gasteiger partial charge in [0.15, 0.2) is 0 Å². The Kier molecular flexibility index (Phi) is 7.01. The van der Waals surface area contributed by atoms with Crippen molar-refractivity contribution >= 4 is 11.6 Å². The minimum atomic E-state index is 0.662. The van der Waals surface area contributed by atoms with E-state index in [1.54, 1.807) is 12.6 Å². The second kappa shape index (κ2) is 8.11. The molecule has 0 aromatic heterocycles. The molecule has 1 unspecified atom stereocenters. The van der Waals surface area contributed by atoms with Crippen LogP contribution in [0.5, 0.6) is 0 Å². The summed E-state index contributed by atoms with van der Waals surface area (Å²) < 4.78 is 4.99. The molecule has 0 radical (unpaired) electrons. The number of likely N-dealkylation sites (tertiary alicyclic amines) is 1. The standard InChI is InChI=1S/C11H21ClN2O/c1-15-9-6-13-10-11-4-2-7-14(11)8-3-5-12/h3,5,11,13H,2,4,6-10H2,1H3/b5-3+. The fourth-order valence-electron chi connectivity index (χ4n) is 1.98. The molecule has 4 heteroatoms. The Balaban J connectivity index is 2.15. The van der Waals surface area contributed by atoms with Crippen LogP contribution in [0.2, 0.25) is 0 Å². The van der Waals surface area contributed by atoms with Gasteiger partial charge in [-0.3, -0.25) is 4.90 Å². The second-order valence-corrected chi connectivity index (χ2v) is 4.10. The van der Waals surface area contributed by atoms with Crippen LogP contribution in [0.15, 0.2) is 11.6 Å². The number of nitrogens with zero attached hydrogens (tertiary/aromatic N) is 1. The van der Waals surface area contributed by atoms with Crippen LogP contribution in [0.4, 0.5) is 0 Å². The van der Waals surface area contributed by atoms with Gasteiger partial charge in [0.25, 0.3) is 0 Å². The maximum atomic E-state index is 5.53. The number of methoxy groups -OCH3 is 1. The Hall–Kier alpha value is -0.0900. The maximum Gasteiger partial charge on any atom is 0.0587 e. The Bertz CT molecular complexity index is 187. The van der Waals surface area contributed by atoms with Crippen LogP contribution in [0.1, 0.15) is 12.8 Å². The molecule has 1 N–H and O–H groups in total. The maximum absolute atomic E-state index is 5.53. The molecule has 0 aliphatic carbocycles. The number of halogens is 1. The van der Waals surface area contributed by atoms with E-state index < -0.39 is 0 Å². The second-order valence-electron chi connectivity index (χ2n) is 3.85. The van der Waals surface area contributed by atoms with E-state index in [0.29, 0.717) is 6.04 Å². The monoisotopic (exact) mass is 232 g/mol. The van der Waals surface area contributed by atoms with Gasteiger partial charge < -0.3 is 10.1 Å². The third kappa shape index (κ3) is 4.98. The molecule has 0 aromatic carbocycles. The Morgan fingerprint density at radius 1 is 1.60 bits per heavy atom. The molecule has 1 fully saturated rings. The molecule has 1 heterocycles. The highest BCUT2D eigenvalue weighted by atomic mass is 35.5. The Labute approximate surface area is 97.4 Å². The van der Waals surface area contributed by atoms with Gasteiger partial charge in [0.2, 0.25) is 0 Å². The summed E-state index contributed by atoms with van der Waals surface area (Å²) in [5.41, 5.74) is 1.60. The zero-order valence-electron chi connectivity index (χ0n) is 9.42. The van der Waals surface area contributed by atoms with Crippen LogP contribution < -0.4 is 5.32 Å². The lowest BCUT2D eigenvalue weighted by Gasteiger charge is -2.23. The van der Waals surface area contributed by atoms with E-state index in [0.717, 1.165) is 26.2 Å². The van der Waals surface area contributed by atoms with Crippen LogP contribution in [0, 0.1) is 0 Å². The van der Waals surface area contributed by atoms with E-state index in [2.05, 4.69) is 10.2 Å². The first-order valence-corrected chi connectivity index (χ1v) is 6.01. The predicted octanol–water partition coefficient (Wildman–Crippen LogP) is 1.44. The molecule has 0 saturated carbocycles. The van der Waals surface area contributed by atoms with Gasteiger partial charge in [-0.2, -0.15) is 0 Å². The fraction of sp³-hybridized carbons (Fsp3) is 0.818. The van der Waals surface area contributed by atoms with Gasteiger partial charge in [-0.15, -0.1) is 0 Å². The molecule has 1 saturated heterocycles. The van der Waals surface area contributed by atoms with Gasteiger partial charge >= 0.3 is 0 Å². The molecule has 1 aliphatic rings. The lowest BCUT2D eigenvalue weighted by Crippen LogP contribution is -2.38. The minimum absolute atomic E-state index is 0.662. The summed E-state index contributed by atoms with van der Waals surface area (Å²) in [6.45, 7) is 4.94. The summed E-state index contributed by atoms with van der Waals surface area (Å²) in [7, 11) is 1.73. The third-order valence-electron chi connectivity index (χ3n) is 2.79. The molecule has 0 bridgehead atoms. The quantitative estimate of drug-likeness (QED) is 0.673. The first kappa shape index (κ1) is 13.0. The summed E-state index contributed by atoms with van der Waals surface area (Å²) in [5.74, 6) is 0. The summed E-state index contributed by atoms with van der Waals surface area (Å²) in [6.07, 6.45) is 4.60. The lowest BCUT2D eigenvalue weighted by atomic mass is 10.2. The van der Waals surface area contributed by atoms with Crippen LogP contribution in [-0.4, -0.2) is 50.8 Å². The van der Waals surface area contributed by atoms with E-state index in [-0.39, 0.29) is 0 Å². The van der Waals surface area contributed by atoms with Crippen molar-refractivity contribution in [2.45, 2.75) is 18.9 Å². The number of ether oxygens (including phenoxy) is 1. The van der Waals surface area contributed by atoms with Crippen molar-refractivity contribution in [3.63, 3.8) is 0 Å². The SMILES string of the molecule is COCCNCC1CCCN1C/C=C/Cl. The van der Waals surface area contributed by atoms with Gasteiger partial charge in [-0.05, 0) is 19.4 Å². The van der Waals surface area contributed by atoms with E-state index in [4.69, 9.17) is 16.3 Å². The highest BCUT2D eigenvalue weighted by Crippen LogP contribution is 2.15. The van der Waals surface area contributed by atoms with Crippen molar-refractivity contribution in [3.8, 4) is 0 Å². The highest BCUT2D eigenvalue weighted by molar-refractivity contribution is 6.25. The smallest absolute Gasteiger partial charge is 0.0587 e. The zero-order valence-corrected chi connectivity index (χ0v) is 10.2. The third-order valence-corrected chi connectivity index (χ3v) is 2.97. The average molecular weight is 233 g/mol. The molecule has 1 aliphatic heterocycles. The van der Waals surface area contributed by atoms with Crippen molar-refractivity contribution < 1.29 is 4.74 Å². The van der Waals surface area contributed by atoms with Crippen molar-refractivity contribution in [2.24, 2.45) is 0 Å². The number of nitrogens with one attached hydrogen (secondary N) is 1. The van der Waals surface area contributed by atoms with Gasteiger partial charge in [0.1, 0.15) is 0 Å². The molecular formula is C11H21ClN2O. The normalized spacial score (nSPS) is 22.9.